The topological polar surface area (TPSA) is 78.2 Å². The fourth-order valence-corrected chi connectivity index (χ4v) is 3.13. The van der Waals surface area contributed by atoms with Crippen LogP contribution in [0.15, 0.2) is 35.8 Å². The fourth-order valence-electron chi connectivity index (χ4n) is 2.37. The van der Waals surface area contributed by atoms with Crippen molar-refractivity contribution in [3.8, 4) is 6.07 Å². The van der Waals surface area contributed by atoms with Gasteiger partial charge in [-0.3, -0.25) is 0 Å². The molecule has 0 amide bonds. The number of nitrogens with zero attached hydrogens (tertiary/aromatic N) is 3. The molecule has 1 aromatic heterocycles. The SMILES string of the molecule is CCN(CC)CCOC(=O)c1ccc(N/C=C(\C#N)c2nc(C)cs2)cc1. The highest BCUT2D eigenvalue weighted by Gasteiger charge is 2.08. The first-order chi connectivity index (χ1) is 13.1. The van der Waals surface area contributed by atoms with Crippen LogP contribution in [0.4, 0.5) is 5.69 Å². The van der Waals surface area contributed by atoms with Gasteiger partial charge >= 0.3 is 5.97 Å². The normalized spacial score (nSPS) is 11.3. The summed E-state index contributed by atoms with van der Waals surface area (Å²) in [6.45, 7) is 9.04. The molecule has 2 aromatic rings. The first kappa shape index (κ1) is 20.6. The Morgan fingerprint density at radius 3 is 2.59 bits per heavy atom. The summed E-state index contributed by atoms with van der Waals surface area (Å²) >= 11 is 1.43. The van der Waals surface area contributed by atoms with Gasteiger partial charge in [-0.05, 0) is 44.3 Å². The van der Waals surface area contributed by atoms with E-state index in [1.54, 1.807) is 30.5 Å². The van der Waals surface area contributed by atoms with E-state index in [0.717, 1.165) is 31.0 Å². The van der Waals surface area contributed by atoms with Crippen molar-refractivity contribution in [3.63, 3.8) is 0 Å². The summed E-state index contributed by atoms with van der Waals surface area (Å²) in [4.78, 5) is 18.6. The second-order valence-corrected chi connectivity index (χ2v) is 6.71. The summed E-state index contributed by atoms with van der Waals surface area (Å²) in [6.07, 6.45) is 1.62. The Hall–Kier alpha value is -2.69. The summed E-state index contributed by atoms with van der Waals surface area (Å²) < 4.78 is 5.31. The van der Waals surface area contributed by atoms with Gasteiger partial charge in [0.2, 0.25) is 0 Å². The van der Waals surface area contributed by atoms with Crippen LogP contribution in [0.5, 0.6) is 0 Å². The number of hydrogen-bond donors (Lipinski definition) is 1. The largest absolute Gasteiger partial charge is 0.461 e. The number of ether oxygens (including phenoxy) is 1. The minimum atomic E-state index is -0.333. The van der Waals surface area contributed by atoms with Crippen molar-refractivity contribution in [3.05, 3.63) is 52.1 Å². The lowest BCUT2D eigenvalue weighted by Gasteiger charge is -2.17. The number of thiazole rings is 1. The summed E-state index contributed by atoms with van der Waals surface area (Å²) in [5.74, 6) is -0.333. The highest BCUT2D eigenvalue weighted by Crippen LogP contribution is 2.19. The van der Waals surface area contributed by atoms with Crippen LogP contribution in [0.25, 0.3) is 5.57 Å². The van der Waals surface area contributed by atoms with Crippen LogP contribution in [-0.2, 0) is 4.74 Å². The van der Waals surface area contributed by atoms with E-state index in [0.29, 0.717) is 22.8 Å². The molecule has 27 heavy (non-hydrogen) atoms. The van der Waals surface area contributed by atoms with Crippen LogP contribution < -0.4 is 5.32 Å². The Kier molecular flexibility index (Phi) is 7.99. The fraction of sp³-hybridized carbons (Fsp3) is 0.350. The zero-order valence-electron chi connectivity index (χ0n) is 15.9. The number of rotatable bonds is 9. The molecule has 0 saturated heterocycles. The van der Waals surface area contributed by atoms with Crippen LogP contribution in [0.2, 0.25) is 0 Å². The molecule has 0 fully saturated rings. The first-order valence-corrected chi connectivity index (χ1v) is 9.74. The number of aryl methyl sites for hydroxylation is 1. The third-order valence-electron chi connectivity index (χ3n) is 4.01. The molecule has 0 atom stereocenters. The van der Waals surface area contributed by atoms with Crippen LogP contribution in [0.3, 0.4) is 0 Å². The molecule has 0 aliphatic rings. The lowest BCUT2D eigenvalue weighted by molar-refractivity contribution is 0.0466. The van der Waals surface area contributed by atoms with Crippen LogP contribution in [-0.4, -0.2) is 42.1 Å². The van der Waals surface area contributed by atoms with Gasteiger partial charge in [-0.2, -0.15) is 5.26 Å². The van der Waals surface area contributed by atoms with Crippen molar-refractivity contribution in [2.45, 2.75) is 20.8 Å². The Bertz CT molecular complexity index is 817. The van der Waals surface area contributed by atoms with E-state index in [-0.39, 0.29) is 5.97 Å². The molecule has 0 aliphatic carbocycles. The highest BCUT2D eigenvalue weighted by atomic mass is 32.1. The average molecular weight is 385 g/mol. The summed E-state index contributed by atoms with van der Waals surface area (Å²) in [5.41, 5.74) is 2.63. The van der Waals surface area contributed by atoms with Gasteiger partial charge in [-0.15, -0.1) is 11.3 Å². The van der Waals surface area contributed by atoms with Gasteiger partial charge in [0.1, 0.15) is 23.3 Å². The zero-order chi connectivity index (χ0) is 19.6. The number of allylic oxidation sites excluding steroid dienone is 1. The zero-order valence-corrected chi connectivity index (χ0v) is 16.7. The average Bonchev–Trinajstić information content (AvgIpc) is 3.12. The number of hydrogen-bond acceptors (Lipinski definition) is 7. The molecule has 0 aliphatic heterocycles. The molecule has 142 valence electrons. The van der Waals surface area contributed by atoms with Crippen LogP contribution >= 0.6 is 11.3 Å². The summed E-state index contributed by atoms with van der Waals surface area (Å²) in [7, 11) is 0. The van der Waals surface area contributed by atoms with E-state index in [2.05, 4.69) is 35.1 Å². The molecule has 1 aromatic carbocycles. The number of carbonyl (C=O) groups excluding carboxylic acids is 1. The number of nitrogens with one attached hydrogen (secondary N) is 1. The molecule has 0 saturated carbocycles. The second kappa shape index (κ2) is 10.5. The van der Waals surface area contributed by atoms with Crippen molar-refractivity contribution < 1.29 is 9.53 Å². The molecule has 6 nitrogen and oxygen atoms in total. The third-order valence-corrected chi connectivity index (χ3v) is 5.00. The predicted molar refractivity (Wildman–Crippen MR) is 109 cm³/mol. The van der Waals surface area contributed by atoms with E-state index in [4.69, 9.17) is 4.74 Å². The molecule has 1 N–H and O–H groups in total. The number of nitriles is 1. The van der Waals surface area contributed by atoms with Crippen LogP contribution in [0.1, 0.15) is 34.9 Å². The van der Waals surface area contributed by atoms with Crippen molar-refractivity contribution in [1.29, 1.82) is 5.26 Å². The van der Waals surface area contributed by atoms with Crippen LogP contribution in [0, 0.1) is 18.3 Å². The maximum Gasteiger partial charge on any atom is 0.338 e. The lowest BCUT2D eigenvalue weighted by atomic mass is 10.2. The standard InChI is InChI=1S/C20H24N4O2S/c1-4-24(5-2)10-11-26-20(25)16-6-8-18(9-7-16)22-13-17(12-21)19-23-15(3)14-27-19/h6-9,13-14,22H,4-5,10-11H2,1-3H3/b17-13+. The lowest BCUT2D eigenvalue weighted by Crippen LogP contribution is -2.27. The number of aromatic nitrogens is 1. The van der Waals surface area contributed by atoms with Gasteiger partial charge < -0.3 is 15.0 Å². The molecule has 0 radical (unpaired) electrons. The molecule has 0 bridgehead atoms. The number of carbonyl (C=O) groups is 1. The van der Waals surface area contributed by atoms with Gasteiger partial charge in [0.15, 0.2) is 0 Å². The van der Waals surface area contributed by atoms with Gasteiger partial charge in [-0.1, -0.05) is 13.8 Å². The maximum atomic E-state index is 12.1. The van der Waals surface area contributed by atoms with E-state index in [1.807, 2.05) is 12.3 Å². The van der Waals surface area contributed by atoms with E-state index in [9.17, 15) is 10.1 Å². The molecule has 1 heterocycles. The predicted octanol–water partition coefficient (Wildman–Crippen LogP) is 3.93. The smallest absolute Gasteiger partial charge is 0.338 e. The van der Waals surface area contributed by atoms with Crippen molar-refractivity contribution in [2.24, 2.45) is 0 Å². The molecular weight excluding hydrogens is 360 g/mol. The Balaban J connectivity index is 1.91. The van der Waals surface area contributed by atoms with Gasteiger partial charge in [0.05, 0.1) is 5.56 Å². The van der Waals surface area contributed by atoms with Gasteiger partial charge in [0, 0.05) is 29.5 Å². The van der Waals surface area contributed by atoms with Crippen molar-refractivity contribution >= 4 is 28.6 Å². The maximum absolute atomic E-state index is 12.1. The van der Waals surface area contributed by atoms with Gasteiger partial charge in [0.25, 0.3) is 0 Å². The van der Waals surface area contributed by atoms with Crippen molar-refractivity contribution in [2.75, 3.05) is 31.6 Å². The first-order valence-electron chi connectivity index (χ1n) is 8.86. The summed E-state index contributed by atoms with van der Waals surface area (Å²) in [6, 6.07) is 9.10. The molecule has 2 rings (SSSR count). The second-order valence-electron chi connectivity index (χ2n) is 5.85. The monoisotopic (exact) mass is 384 g/mol. The Morgan fingerprint density at radius 1 is 1.33 bits per heavy atom. The highest BCUT2D eigenvalue weighted by molar-refractivity contribution is 7.10. The molecule has 0 unspecified atom stereocenters. The minimum absolute atomic E-state index is 0.333. The quantitative estimate of drug-likeness (QED) is 0.521. The molecule has 0 spiro atoms. The van der Waals surface area contributed by atoms with E-state index in [1.165, 1.54) is 11.3 Å². The van der Waals surface area contributed by atoms with E-state index < -0.39 is 0 Å². The minimum Gasteiger partial charge on any atom is -0.461 e. The Labute approximate surface area is 164 Å². The van der Waals surface area contributed by atoms with E-state index >= 15 is 0 Å². The van der Waals surface area contributed by atoms with Crippen molar-refractivity contribution in [1.82, 2.24) is 9.88 Å². The molecular formula is C20H24N4O2S. The third kappa shape index (κ3) is 6.20. The number of benzene rings is 1. The number of anilines is 1. The van der Waals surface area contributed by atoms with Gasteiger partial charge in [-0.25, -0.2) is 9.78 Å². The summed E-state index contributed by atoms with van der Waals surface area (Å²) in [5, 5.41) is 14.9. The Morgan fingerprint density at radius 2 is 2.04 bits per heavy atom. The molecule has 7 heteroatoms. The number of likely N-dealkylation sites (N-methyl/N-ethyl adjacent to an activating group) is 1. The number of esters is 1.